The molecule has 1 aromatic carbocycles. The van der Waals surface area contributed by atoms with E-state index in [1.807, 2.05) is 0 Å². The van der Waals surface area contributed by atoms with E-state index in [1.165, 1.54) is 54.5 Å². The van der Waals surface area contributed by atoms with E-state index in [0.29, 0.717) is 5.92 Å². The van der Waals surface area contributed by atoms with Crippen LogP contribution in [0.3, 0.4) is 0 Å². The van der Waals surface area contributed by atoms with Crippen LogP contribution in [0.25, 0.3) is 0 Å². The predicted molar refractivity (Wildman–Crippen MR) is 87.9 cm³/mol. The summed E-state index contributed by atoms with van der Waals surface area (Å²) < 4.78 is 0. The van der Waals surface area contributed by atoms with Crippen molar-refractivity contribution in [3.63, 3.8) is 0 Å². The van der Waals surface area contributed by atoms with Gasteiger partial charge in [-0.15, -0.1) is 0 Å². The fourth-order valence-corrected chi connectivity index (χ4v) is 4.81. The highest BCUT2D eigenvalue weighted by Crippen LogP contribution is 2.50. The zero-order valence-electron chi connectivity index (χ0n) is 13.8. The van der Waals surface area contributed by atoms with Gasteiger partial charge in [0.1, 0.15) is 0 Å². The summed E-state index contributed by atoms with van der Waals surface area (Å²) in [4.78, 5) is 14.7. The van der Waals surface area contributed by atoms with Crippen LogP contribution in [0.2, 0.25) is 0 Å². The van der Waals surface area contributed by atoms with Crippen LogP contribution in [-0.2, 0) is 4.79 Å². The molecule has 1 aromatic rings. The smallest absolute Gasteiger partial charge is 0.224 e. The topological polar surface area (TPSA) is 20.3 Å². The Balaban J connectivity index is 2.19. The van der Waals surface area contributed by atoms with Crippen LogP contribution in [-0.4, -0.2) is 11.4 Å². The van der Waals surface area contributed by atoms with Crippen molar-refractivity contribution in [3.8, 4) is 0 Å². The summed E-state index contributed by atoms with van der Waals surface area (Å²) in [6, 6.07) is 4.52. The lowest BCUT2D eigenvalue weighted by atomic mass is 9.69. The first-order chi connectivity index (χ1) is 9.94. The largest absolute Gasteiger partial charge is 0.306 e. The minimum absolute atomic E-state index is 0.0799. The predicted octanol–water partition coefficient (Wildman–Crippen LogP) is 4.87. The van der Waals surface area contributed by atoms with Crippen LogP contribution >= 0.6 is 0 Å². The van der Waals surface area contributed by atoms with Crippen molar-refractivity contribution in [2.24, 2.45) is 0 Å². The first-order valence-corrected chi connectivity index (χ1v) is 8.36. The lowest BCUT2D eigenvalue weighted by Gasteiger charge is -2.52. The Hall–Kier alpha value is -1.31. The van der Waals surface area contributed by atoms with E-state index in [-0.39, 0.29) is 11.4 Å². The average molecular weight is 285 g/mol. The Morgan fingerprint density at radius 2 is 1.86 bits per heavy atom. The van der Waals surface area contributed by atoms with Crippen molar-refractivity contribution in [1.29, 1.82) is 0 Å². The average Bonchev–Trinajstić information content (AvgIpc) is 2.40. The Morgan fingerprint density at radius 3 is 2.48 bits per heavy atom. The standard InChI is InChI=1S/C19H27NO/c1-13-10-14(2)18-17(11-13)15(3)12-19(20(18)16(4)21)8-6-5-7-9-19/h10-11,15H,5-9,12H2,1-4H3. The number of benzene rings is 1. The maximum absolute atomic E-state index is 12.5. The van der Waals surface area contributed by atoms with Gasteiger partial charge < -0.3 is 4.90 Å². The molecule has 1 amide bonds. The lowest BCUT2D eigenvalue weighted by Crippen LogP contribution is -2.56. The molecule has 21 heavy (non-hydrogen) atoms. The van der Waals surface area contributed by atoms with Gasteiger partial charge in [0.2, 0.25) is 5.91 Å². The Bertz CT molecular complexity index is 569. The van der Waals surface area contributed by atoms with E-state index in [9.17, 15) is 4.79 Å². The maximum atomic E-state index is 12.5. The second-order valence-corrected chi connectivity index (χ2v) is 7.26. The van der Waals surface area contributed by atoms with Gasteiger partial charge in [0.15, 0.2) is 0 Å². The Labute approximate surface area is 128 Å². The quantitative estimate of drug-likeness (QED) is 0.666. The van der Waals surface area contributed by atoms with Gasteiger partial charge in [-0.3, -0.25) is 4.79 Å². The molecule has 2 aliphatic rings. The molecule has 2 nitrogen and oxygen atoms in total. The first-order valence-electron chi connectivity index (χ1n) is 8.36. The van der Waals surface area contributed by atoms with Crippen LogP contribution in [0.1, 0.15) is 75.0 Å². The third-order valence-electron chi connectivity index (χ3n) is 5.49. The highest BCUT2D eigenvalue weighted by Gasteiger charge is 2.46. The van der Waals surface area contributed by atoms with Crippen molar-refractivity contribution >= 4 is 11.6 Å². The molecule has 3 rings (SSSR count). The van der Waals surface area contributed by atoms with E-state index in [2.05, 4.69) is 37.8 Å². The molecule has 1 aliphatic carbocycles. The normalized spacial score (nSPS) is 24.0. The number of nitrogens with zero attached hydrogens (tertiary/aromatic N) is 1. The number of carbonyl (C=O) groups excluding carboxylic acids is 1. The fraction of sp³-hybridized carbons (Fsp3) is 0.632. The number of rotatable bonds is 0. The van der Waals surface area contributed by atoms with Crippen LogP contribution in [0.15, 0.2) is 12.1 Å². The summed E-state index contributed by atoms with van der Waals surface area (Å²) in [5, 5.41) is 0. The highest BCUT2D eigenvalue weighted by atomic mass is 16.2. The third-order valence-corrected chi connectivity index (χ3v) is 5.49. The van der Waals surface area contributed by atoms with E-state index < -0.39 is 0 Å². The van der Waals surface area contributed by atoms with Gasteiger partial charge in [0.05, 0.1) is 5.69 Å². The van der Waals surface area contributed by atoms with Gasteiger partial charge in [-0.2, -0.15) is 0 Å². The zero-order chi connectivity index (χ0) is 15.2. The summed E-state index contributed by atoms with van der Waals surface area (Å²) in [6.07, 6.45) is 7.31. The van der Waals surface area contributed by atoms with Gasteiger partial charge in [-0.1, -0.05) is 43.9 Å². The molecule has 0 aromatic heterocycles. The van der Waals surface area contributed by atoms with Crippen molar-refractivity contribution in [3.05, 3.63) is 28.8 Å². The molecule has 0 bridgehead atoms. The van der Waals surface area contributed by atoms with Crippen molar-refractivity contribution in [1.82, 2.24) is 0 Å². The molecule has 1 saturated carbocycles. The fourth-order valence-electron chi connectivity index (χ4n) is 4.81. The van der Waals surface area contributed by atoms with Crippen LogP contribution in [0.5, 0.6) is 0 Å². The molecule has 114 valence electrons. The van der Waals surface area contributed by atoms with Crippen molar-refractivity contribution in [2.75, 3.05) is 4.90 Å². The summed E-state index contributed by atoms with van der Waals surface area (Å²) >= 11 is 0. The van der Waals surface area contributed by atoms with Gasteiger partial charge in [0, 0.05) is 12.5 Å². The number of hydrogen-bond donors (Lipinski definition) is 0. The summed E-state index contributed by atoms with van der Waals surface area (Å²) in [5.41, 5.74) is 5.24. The number of hydrogen-bond acceptors (Lipinski definition) is 1. The first kappa shape index (κ1) is 14.6. The molecule has 0 saturated heterocycles. The molecular formula is C19H27NO. The molecule has 1 heterocycles. The second kappa shape index (κ2) is 5.15. The van der Waals surface area contributed by atoms with Gasteiger partial charge in [0.25, 0.3) is 0 Å². The van der Waals surface area contributed by atoms with E-state index in [0.717, 1.165) is 6.42 Å². The SMILES string of the molecule is CC(=O)N1c2c(C)cc(C)cc2C(C)CC12CCCCC2. The monoisotopic (exact) mass is 285 g/mol. The Morgan fingerprint density at radius 1 is 1.19 bits per heavy atom. The molecule has 1 unspecified atom stereocenters. The Kier molecular flexibility index (Phi) is 3.59. The van der Waals surface area contributed by atoms with Gasteiger partial charge in [-0.25, -0.2) is 0 Å². The summed E-state index contributed by atoms with van der Waals surface area (Å²) in [5.74, 6) is 0.768. The number of fused-ring (bicyclic) bond motifs is 1. The molecule has 0 N–H and O–H groups in total. The van der Waals surface area contributed by atoms with Crippen LogP contribution in [0.4, 0.5) is 5.69 Å². The summed E-state index contributed by atoms with van der Waals surface area (Å²) in [7, 11) is 0. The van der Waals surface area contributed by atoms with E-state index >= 15 is 0 Å². The van der Waals surface area contributed by atoms with E-state index in [4.69, 9.17) is 0 Å². The maximum Gasteiger partial charge on any atom is 0.224 e. The minimum atomic E-state index is 0.0799. The third kappa shape index (κ3) is 2.29. The van der Waals surface area contributed by atoms with Crippen molar-refractivity contribution < 1.29 is 4.79 Å². The molecule has 1 atom stereocenters. The number of aryl methyl sites for hydroxylation is 2. The number of carbonyl (C=O) groups is 1. The van der Waals surface area contributed by atoms with Crippen LogP contribution in [0, 0.1) is 13.8 Å². The highest BCUT2D eigenvalue weighted by molar-refractivity contribution is 5.95. The zero-order valence-corrected chi connectivity index (χ0v) is 13.8. The molecular weight excluding hydrogens is 258 g/mol. The molecule has 1 aliphatic heterocycles. The van der Waals surface area contributed by atoms with E-state index in [1.54, 1.807) is 6.92 Å². The number of amides is 1. The van der Waals surface area contributed by atoms with Gasteiger partial charge >= 0.3 is 0 Å². The molecule has 0 radical (unpaired) electrons. The lowest BCUT2D eigenvalue weighted by molar-refractivity contribution is -0.118. The van der Waals surface area contributed by atoms with Crippen molar-refractivity contribution in [2.45, 2.75) is 77.7 Å². The number of anilines is 1. The van der Waals surface area contributed by atoms with Crippen LogP contribution < -0.4 is 4.90 Å². The minimum Gasteiger partial charge on any atom is -0.306 e. The van der Waals surface area contributed by atoms with Gasteiger partial charge in [-0.05, 0) is 50.2 Å². The molecule has 1 fully saturated rings. The second-order valence-electron chi connectivity index (χ2n) is 7.26. The summed E-state index contributed by atoms with van der Waals surface area (Å²) in [6.45, 7) is 8.40. The molecule has 2 heteroatoms. The molecule has 1 spiro atoms.